The molecule has 4 heteroatoms. The Balaban J connectivity index is 2.70. The summed E-state index contributed by atoms with van der Waals surface area (Å²) in [7, 11) is 0. The number of aliphatic carboxylic acids is 1. The molecule has 1 aliphatic rings. The van der Waals surface area contributed by atoms with Gasteiger partial charge in [-0.2, -0.15) is 0 Å². The van der Waals surface area contributed by atoms with Crippen LogP contribution in [-0.4, -0.2) is 27.1 Å². The van der Waals surface area contributed by atoms with Crippen LogP contribution < -0.4 is 0 Å². The first-order valence-electron chi connectivity index (χ1n) is 12.5. The summed E-state index contributed by atoms with van der Waals surface area (Å²) < 4.78 is 0. The number of aliphatic hydroxyl groups is 2. The number of carboxylic acid groups (broad SMARTS) is 1. The molecule has 1 unspecified atom stereocenters. The third-order valence-electron chi connectivity index (χ3n) is 7.15. The summed E-state index contributed by atoms with van der Waals surface area (Å²) in [4.78, 5) is 10.6. The molecule has 1 rings (SSSR count). The predicted molar refractivity (Wildman–Crippen MR) is 124 cm³/mol. The van der Waals surface area contributed by atoms with Gasteiger partial charge in [-0.05, 0) is 56.3 Å². The average molecular weight is 425 g/mol. The molecular weight excluding hydrogens is 376 g/mol. The van der Waals surface area contributed by atoms with Crippen LogP contribution in [0.3, 0.4) is 0 Å². The Hall–Kier alpha value is -0.870. The Labute approximate surface area is 185 Å². The zero-order chi connectivity index (χ0) is 22.6. The third kappa shape index (κ3) is 9.51. The van der Waals surface area contributed by atoms with Crippen LogP contribution in [0.15, 0.2) is 11.6 Å². The van der Waals surface area contributed by atoms with E-state index in [1.54, 1.807) is 0 Å². The van der Waals surface area contributed by atoms with Gasteiger partial charge in [0.05, 0.1) is 0 Å². The van der Waals surface area contributed by atoms with Crippen molar-refractivity contribution in [2.45, 2.75) is 130 Å². The van der Waals surface area contributed by atoms with Crippen molar-refractivity contribution in [3.63, 3.8) is 0 Å². The fourth-order valence-electron chi connectivity index (χ4n) is 5.31. The molecule has 1 fully saturated rings. The maximum atomic E-state index is 10.9. The summed E-state index contributed by atoms with van der Waals surface area (Å²) in [5, 5.41) is 30.5. The van der Waals surface area contributed by atoms with Crippen LogP contribution in [0.1, 0.15) is 124 Å². The number of rotatable bonds is 16. The summed E-state index contributed by atoms with van der Waals surface area (Å²) in [6, 6.07) is 0. The molecule has 0 saturated heterocycles. The number of hydrogen-bond donors (Lipinski definition) is 3. The normalized spacial score (nSPS) is 20.1. The average Bonchev–Trinajstić information content (AvgIpc) is 3.09. The molecule has 0 bridgehead atoms. The Morgan fingerprint density at radius 2 is 1.77 bits per heavy atom. The largest absolute Gasteiger partial charge is 0.481 e. The SMILES string of the molecule is CCCCC(C)(C)C(CC=C1CCC[C@@H]1CCCCCCC(=O)O)C(O)(O)CCC. The predicted octanol–water partition coefficient (Wildman–Crippen LogP) is 6.84. The Morgan fingerprint density at radius 1 is 1.07 bits per heavy atom. The van der Waals surface area contributed by atoms with Gasteiger partial charge in [0.2, 0.25) is 0 Å². The van der Waals surface area contributed by atoms with Gasteiger partial charge in [0.15, 0.2) is 5.79 Å². The fraction of sp³-hybridized carbons (Fsp3) is 0.885. The minimum Gasteiger partial charge on any atom is -0.481 e. The lowest BCUT2D eigenvalue weighted by molar-refractivity contribution is -0.228. The van der Waals surface area contributed by atoms with Crippen molar-refractivity contribution in [2.24, 2.45) is 17.3 Å². The minimum absolute atomic E-state index is 0.107. The molecule has 176 valence electrons. The Bertz CT molecular complexity index is 521. The van der Waals surface area contributed by atoms with Crippen molar-refractivity contribution in [3.05, 3.63) is 11.6 Å². The molecule has 0 aromatic heterocycles. The van der Waals surface area contributed by atoms with Crippen molar-refractivity contribution in [1.82, 2.24) is 0 Å². The van der Waals surface area contributed by atoms with Gasteiger partial charge in [-0.25, -0.2) is 0 Å². The smallest absolute Gasteiger partial charge is 0.303 e. The lowest BCUT2D eigenvalue weighted by Gasteiger charge is -2.42. The second-order valence-corrected chi connectivity index (χ2v) is 10.2. The van der Waals surface area contributed by atoms with Crippen LogP contribution >= 0.6 is 0 Å². The van der Waals surface area contributed by atoms with Crippen LogP contribution in [0.4, 0.5) is 0 Å². The molecule has 4 nitrogen and oxygen atoms in total. The van der Waals surface area contributed by atoms with E-state index >= 15 is 0 Å². The first-order chi connectivity index (χ1) is 14.1. The molecule has 0 aliphatic heterocycles. The molecular formula is C26H48O4. The summed E-state index contributed by atoms with van der Waals surface area (Å²) in [6.45, 7) is 8.60. The zero-order valence-electron chi connectivity index (χ0n) is 20.1. The van der Waals surface area contributed by atoms with E-state index in [9.17, 15) is 15.0 Å². The first kappa shape index (κ1) is 27.2. The number of unbranched alkanes of at least 4 members (excludes halogenated alkanes) is 4. The number of carboxylic acids is 1. The second kappa shape index (κ2) is 13.5. The van der Waals surface area contributed by atoms with Crippen molar-refractivity contribution < 1.29 is 20.1 Å². The van der Waals surface area contributed by atoms with E-state index in [4.69, 9.17) is 5.11 Å². The van der Waals surface area contributed by atoms with Crippen LogP contribution in [0.2, 0.25) is 0 Å². The topological polar surface area (TPSA) is 77.8 Å². The van der Waals surface area contributed by atoms with Gasteiger partial charge in [-0.3, -0.25) is 4.79 Å². The van der Waals surface area contributed by atoms with Gasteiger partial charge in [-0.1, -0.05) is 77.9 Å². The van der Waals surface area contributed by atoms with Gasteiger partial charge in [-0.15, -0.1) is 0 Å². The van der Waals surface area contributed by atoms with E-state index in [-0.39, 0.29) is 17.8 Å². The standard InChI is InChI=1S/C26H48O4/c1-5-7-20-25(3,4)23(26(29,30)19-6-2)18-17-22-15-12-14-21(22)13-10-8-9-11-16-24(27)28/h17,21,23,29-30H,5-16,18-20H2,1-4H3,(H,27,28)/t21-,23?/m0/s1. The molecule has 30 heavy (non-hydrogen) atoms. The first-order valence-corrected chi connectivity index (χ1v) is 12.5. The van der Waals surface area contributed by atoms with E-state index in [2.05, 4.69) is 26.8 Å². The highest BCUT2D eigenvalue weighted by Crippen LogP contribution is 2.44. The van der Waals surface area contributed by atoms with Crippen LogP contribution in [-0.2, 0) is 4.79 Å². The third-order valence-corrected chi connectivity index (χ3v) is 7.15. The molecule has 0 spiro atoms. The van der Waals surface area contributed by atoms with Gasteiger partial charge < -0.3 is 15.3 Å². The van der Waals surface area contributed by atoms with Crippen molar-refractivity contribution in [3.8, 4) is 0 Å². The van der Waals surface area contributed by atoms with E-state index in [0.29, 0.717) is 12.3 Å². The quantitative estimate of drug-likeness (QED) is 0.144. The van der Waals surface area contributed by atoms with Crippen molar-refractivity contribution >= 4 is 5.97 Å². The van der Waals surface area contributed by atoms with Gasteiger partial charge in [0.25, 0.3) is 0 Å². The molecule has 3 N–H and O–H groups in total. The van der Waals surface area contributed by atoms with Gasteiger partial charge in [0, 0.05) is 18.8 Å². The minimum atomic E-state index is -1.61. The molecule has 0 heterocycles. The summed E-state index contributed by atoms with van der Waals surface area (Å²) in [5.74, 6) is -1.83. The molecule has 2 atom stereocenters. The number of allylic oxidation sites excluding steroid dienone is 2. The lowest BCUT2D eigenvalue weighted by Crippen LogP contribution is -2.45. The van der Waals surface area contributed by atoms with E-state index in [0.717, 1.165) is 64.2 Å². The fourth-order valence-corrected chi connectivity index (χ4v) is 5.31. The molecule has 0 aromatic rings. The van der Waals surface area contributed by atoms with Crippen LogP contribution in [0.5, 0.6) is 0 Å². The monoisotopic (exact) mass is 424 g/mol. The van der Waals surface area contributed by atoms with E-state index in [1.807, 2.05) is 6.92 Å². The second-order valence-electron chi connectivity index (χ2n) is 10.2. The zero-order valence-corrected chi connectivity index (χ0v) is 20.1. The molecule has 0 radical (unpaired) electrons. The number of hydrogen-bond acceptors (Lipinski definition) is 3. The van der Waals surface area contributed by atoms with Crippen molar-refractivity contribution in [1.29, 1.82) is 0 Å². The Kier molecular flexibility index (Phi) is 12.2. The molecule has 0 amide bonds. The highest BCUT2D eigenvalue weighted by Gasteiger charge is 2.42. The van der Waals surface area contributed by atoms with Gasteiger partial charge in [0.1, 0.15) is 0 Å². The lowest BCUT2D eigenvalue weighted by atomic mass is 9.68. The van der Waals surface area contributed by atoms with Crippen LogP contribution in [0.25, 0.3) is 0 Å². The highest BCUT2D eigenvalue weighted by molar-refractivity contribution is 5.66. The maximum absolute atomic E-state index is 10.9. The molecule has 1 aliphatic carbocycles. The summed E-state index contributed by atoms with van der Waals surface area (Å²) in [5.41, 5.74) is 1.41. The maximum Gasteiger partial charge on any atom is 0.303 e. The Morgan fingerprint density at radius 3 is 2.40 bits per heavy atom. The van der Waals surface area contributed by atoms with E-state index in [1.165, 1.54) is 24.8 Å². The summed E-state index contributed by atoms with van der Waals surface area (Å²) in [6.07, 6.45) is 16.7. The molecule has 0 aromatic carbocycles. The summed E-state index contributed by atoms with van der Waals surface area (Å²) >= 11 is 0. The number of carbonyl (C=O) groups is 1. The van der Waals surface area contributed by atoms with Crippen LogP contribution in [0, 0.1) is 17.3 Å². The van der Waals surface area contributed by atoms with Gasteiger partial charge >= 0.3 is 5.97 Å². The van der Waals surface area contributed by atoms with E-state index < -0.39 is 11.8 Å². The highest BCUT2D eigenvalue weighted by atomic mass is 16.5. The molecule has 1 saturated carbocycles. The van der Waals surface area contributed by atoms with Crippen molar-refractivity contribution in [2.75, 3.05) is 0 Å².